The maximum Gasteiger partial charge on any atom is 0.168 e. The number of thiophene rings is 1. The zero-order valence-electron chi connectivity index (χ0n) is 10.4. The fraction of sp³-hybridized carbons (Fsp3) is 0.0625. The first-order valence-electron chi connectivity index (χ1n) is 6.09. The van der Waals surface area contributed by atoms with Gasteiger partial charge in [-0.2, -0.15) is 0 Å². The van der Waals surface area contributed by atoms with Gasteiger partial charge in [0, 0.05) is 16.7 Å². The number of hydrogen-bond donors (Lipinski definition) is 0. The van der Waals surface area contributed by atoms with Crippen LogP contribution in [0.5, 0.6) is 0 Å². The van der Waals surface area contributed by atoms with Crippen LogP contribution in [0, 0.1) is 11.6 Å². The summed E-state index contributed by atoms with van der Waals surface area (Å²) in [5.74, 6) is -2.08. The minimum Gasteiger partial charge on any atom is -0.294 e. The van der Waals surface area contributed by atoms with Gasteiger partial charge in [0.25, 0.3) is 0 Å². The van der Waals surface area contributed by atoms with E-state index in [-0.39, 0.29) is 17.8 Å². The monoisotopic (exact) mass is 288 g/mol. The van der Waals surface area contributed by atoms with Gasteiger partial charge in [-0.15, -0.1) is 11.3 Å². The lowest BCUT2D eigenvalue weighted by molar-refractivity contribution is 0.0993. The van der Waals surface area contributed by atoms with Crippen molar-refractivity contribution in [2.75, 3.05) is 0 Å². The summed E-state index contributed by atoms with van der Waals surface area (Å²) in [5.41, 5.74) is 0.643. The van der Waals surface area contributed by atoms with Crippen LogP contribution < -0.4 is 0 Å². The van der Waals surface area contributed by atoms with Gasteiger partial charge in [-0.25, -0.2) is 8.78 Å². The normalized spacial score (nSPS) is 10.9. The highest BCUT2D eigenvalue weighted by molar-refractivity contribution is 7.17. The smallest absolute Gasteiger partial charge is 0.168 e. The first-order chi connectivity index (χ1) is 9.66. The number of ketones is 1. The number of carbonyl (C=O) groups is 1. The van der Waals surface area contributed by atoms with Crippen LogP contribution in [0.1, 0.15) is 15.9 Å². The Bertz CT molecular complexity index is 792. The van der Waals surface area contributed by atoms with Gasteiger partial charge in [-0.05, 0) is 34.5 Å². The topological polar surface area (TPSA) is 17.1 Å². The molecule has 0 N–H and O–H groups in total. The summed E-state index contributed by atoms with van der Waals surface area (Å²) < 4.78 is 27.6. The summed E-state index contributed by atoms with van der Waals surface area (Å²) in [4.78, 5) is 12.3. The van der Waals surface area contributed by atoms with Crippen LogP contribution in [0.25, 0.3) is 10.1 Å². The summed E-state index contributed by atoms with van der Waals surface area (Å²) in [5, 5.41) is 2.89. The number of fused-ring (bicyclic) bond motifs is 1. The summed E-state index contributed by atoms with van der Waals surface area (Å²) in [6.07, 6.45) is -0.138. The van der Waals surface area contributed by atoms with Crippen LogP contribution in [0.3, 0.4) is 0 Å². The van der Waals surface area contributed by atoms with Crippen molar-refractivity contribution >= 4 is 27.2 Å². The summed E-state index contributed by atoms with van der Waals surface area (Å²) in [7, 11) is 0. The van der Waals surface area contributed by atoms with Crippen molar-refractivity contribution in [3.05, 3.63) is 70.6 Å². The third-order valence-corrected chi connectivity index (χ3v) is 4.13. The molecule has 0 aliphatic heterocycles. The number of halogens is 2. The number of carbonyl (C=O) groups excluding carboxylic acids is 1. The molecule has 0 saturated heterocycles. The molecule has 0 spiro atoms. The molecule has 3 aromatic rings. The fourth-order valence-corrected chi connectivity index (χ4v) is 3.10. The van der Waals surface area contributed by atoms with Crippen molar-refractivity contribution < 1.29 is 13.6 Å². The Morgan fingerprint density at radius 3 is 2.70 bits per heavy atom. The second-order valence-electron chi connectivity index (χ2n) is 4.46. The molecule has 1 heterocycles. The van der Waals surface area contributed by atoms with Crippen molar-refractivity contribution in [3.8, 4) is 0 Å². The molecule has 0 bridgehead atoms. The van der Waals surface area contributed by atoms with Gasteiger partial charge >= 0.3 is 0 Å². The zero-order valence-corrected chi connectivity index (χ0v) is 11.2. The van der Waals surface area contributed by atoms with E-state index in [9.17, 15) is 13.6 Å². The number of rotatable bonds is 3. The molecule has 3 rings (SSSR count). The maximum atomic E-state index is 13.6. The Labute approximate surface area is 118 Å². The van der Waals surface area contributed by atoms with Crippen LogP contribution in [0.4, 0.5) is 8.78 Å². The molecule has 0 saturated carbocycles. The maximum absolute atomic E-state index is 13.6. The molecule has 0 aliphatic rings. The standard InChI is InChI=1S/C16H10F2OS/c17-13-6-2-4-11(15(13)18)9-14(19)12-5-1-3-10-7-8-20-16(10)12/h1-8H,9H2. The molecular formula is C16H10F2OS. The molecule has 0 fully saturated rings. The van der Waals surface area contributed by atoms with Gasteiger partial charge in [0.05, 0.1) is 0 Å². The number of Topliss-reactive ketones (excluding diaryl/α,β-unsaturated/α-hetero) is 1. The van der Waals surface area contributed by atoms with Gasteiger partial charge in [-0.3, -0.25) is 4.79 Å². The number of benzene rings is 2. The molecule has 0 atom stereocenters. The fourth-order valence-electron chi connectivity index (χ4n) is 2.17. The first-order valence-corrected chi connectivity index (χ1v) is 6.97. The van der Waals surface area contributed by atoms with Crippen LogP contribution in [0.15, 0.2) is 47.8 Å². The number of hydrogen-bond acceptors (Lipinski definition) is 2. The van der Waals surface area contributed by atoms with E-state index < -0.39 is 11.6 Å². The van der Waals surface area contributed by atoms with Crippen molar-refractivity contribution in [1.29, 1.82) is 0 Å². The van der Waals surface area contributed by atoms with E-state index >= 15 is 0 Å². The molecule has 100 valence electrons. The highest BCUT2D eigenvalue weighted by Gasteiger charge is 2.15. The van der Waals surface area contributed by atoms with Crippen molar-refractivity contribution in [1.82, 2.24) is 0 Å². The molecular weight excluding hydrogens is 278 g/mol. The minimum atomic E-state index is -0.945. The second kappa shape index (κ2) is 5.13. The van der Waals surface area contributed by atoms with Crippen molar-refractivity contribution in [2.45, 2.75) is 6.42 Å². The Morgan fingerprint density at radius 2 is 1.85 bits per heavy atom. The third kappa shape index (κ3) is 2.23. The van der Waals surface area contributed by atoms with E-state index in [0.717, 1.165) is 16.2 Å². The molecule has 2 aromatic carbocycles. The quantitative estimate of drug-likeness (QED) is 0.643. The summed E-state index contributed by atoms with van der Waals surface area (Å²) >= 11 is 1.47. The highest BCUT2D eigenvalue weighted by atomic mass is 32.1. The van der Waals surface area contributed by atoms with E-state index in [1.807, 2.05) is 17.5 Å². The predicted octanol–water partition coefficient (Wildman–Crippen LogP) is 4.60. The molecule has 1 nitrogen and oxygen atoms in total. The van der Waals surface area contributed by atoms with Crippen molar-refractivity contribution in [3.63, 3.8) is 0 Å². The second-order valence-corrected chi connectivity index (χ2v) is 5.37. The predicted molar refractivity (Wildman–Crippen MR) is 76.2 cm³/mol. The molecule has 0 unspecified atom stereocenters. The van der Waals surface area contributed by atoms with E-state index in [2.05, 4.69) is 0 Å². The minimum absolute atomic E-state index is 0.0866. The molecule has 0 amide bonds. The molecule has 4 heteroatoms. The first kappa shape index (κ1) is 12.9. The van der Waals surface area contributed by atoms with E-state index in [1.165, 1.54) is 23.5 Å². The lowest BCUT2D eigenvalue weighted by atomic mass is 10.0. The lowest BCUT2D eigenvalue weighted by Gasteiger charge is -2.05. The van der Waals surface area contributed by atoms with Crippen LogP contribution in [-0.2, 0) is 6.42 Å². The van der Waals surface area contributed by atoms with E-state index in [4.69, 9.17) is 0 Å². The average Bonchev–Trinajstić information content (AvgIpc) is 2.92. The van der Waals surface area contributed by atoms with Crippen LogP contribution >= 0.6 is 11.3 Å². The van der Waals surface area contributed by atoms with Gasteiger partial charge in [-0.1, -0.05) is 24.3 Å². The summed E-state index contributed by atoms with van der Waals surface area (Å²) in [6.45, 7) is 0. The van der Waals surface area contributed by atoms with Gasteiger partial charge in [0.1, 0.15) is 0 Å². The molecule has 0 radical (unpaired) electrons. The van der Waals surface area contributed by atoms with Gasteiger partial charge in [0.15, 0.2) is 17.4 Å². The largest absolute Gasteiger partial charge is 0.294 e. The lowest BCUT2D eigenvalue weighted by Crippen LogP contribution is -2.06. The average molecular weight is 288 g/mol. The third-order valence-electron chi connectivity index (χ3n) is 3.16. The van der Waals surface area contributed by atoms with Gasteiger partial charge in [0.2, 0.25) is 0 Å². The molecule has 20 heavy (non-hydrogen) atoms. The van der Waals surface area contributed by atoms with Crippen molar-refractivity contribution in [2.24, 2.45) is 0 Å². The highest BCUT2D eigenvalue weighted by Crippen LogP contribution is 2.26. The van der Waals surface area contributed by atoms with Gasteiger partial charge < -0.3 is 0 Å². The SMILES string of the molecule is O=C(Cc1cccc(F)c1F)c1cccc2ccsc12. The van der Waals surface area contributed by atoms with Crippen LogP contribution in [-0.4, -0.2) is 5.78 Å². The van der Waals surface area contributed by atoms with Crippen LogP contribution in [0.2, 0.25) is 0 Å². The Hall–Kier alpha value is -2.07. The Morgan fingerprint density at radius 1 is 1.05 bits per heavy atom. The van der Waals surface area contributed by atoms with E-state index in [1.54, 1.807) is 12.1 Å². The Balaban J connectivity index is 1.97. The zero-order chi connectivity index (χ0) is 14.1. The summed E-state index contributed by atoms with van der Waals surface area (Å²) in [6, 6.07) is 11.3. The molecule has 1 aromatic heterocycles. The molecule has 0 aliphatic carbocycles. The van der Waals surface area contributed by atoms with E-state index in [0.29, 0.717) is 5.56 Å². The Kier molecular flexibility index (Phi) is 3.32.